The van der Waals surface area contributed by atoms with Gasteiger partial charge in [0.2, 0.25) is 0 Å². The van der Waals surface area contributed by atoms with Gasteiger partial charge < -0.3 is 18.8 Å². The fourth-order valence-corrected chi connectivity index (χ4v) is 4.64. The van der Waals surface area contributed by atoms with Crippen LogP contribution in [0.3, 0.4) is 0 Å². The first-order chi connectivity index (χ1) is 17.7. The number of para-hydroxylation sites is 1. The second-order valence-electron chi connectivity index (χ2n) is 8.47. The highest BCUT2D eigenvalue weighted by atomic mass is 16.5. The monoisotopic (exact) mass is 488 g/mol. The standard InChI is InChI=1S/C26H28N6O4/c1-34-21-11-6-10-20(24(21)35-2)23(25-27-28-29-32(25)18-19-8-4-3-5-9-19)30-13-15-31(16-14-30)26(33)22-12-7-17-36-22/h3-12,17,23H,13-16,18H2,1-2H3/t23-/m1/s1. The number of hydrogen-bond acceptors (Lipinski definition) is 8. The molecule has 0 aliphatic carbocycles. The van der Waals surface area contributed by atoms with Gasteiger partial charge in [0.05, 0.1) is 27.0 Å². The highest BCUT2D eigenvalue weighted by Gasteiger charge is 2.34. The van der Waals surface area contributed by atoms with Crippen molar-refractivity contribution in [3.8, 4) is 11.5 Å². The third-order valence-corrected chi connectivity index (χ3v) is 6.41. The zero-order valence-electron chi connectivity index (χ0n) is 20.3. The average Bonchev–Trinajstić information content (AvgIpc) is 3.62. The number of piperazine rings is 1. The van der Waals surface area contributed by atoms with Crippen LogP contribution < -0.4 is 9.47 Å². The van der Waals surface area contributed by atoms with E-state index in [1.165, 1.54) is 6.26 Å². The maximum Gasteiger partial charge on any atom is 0.289 e. The predicted molar refractivity (Wildman–Crippen MR) is 131 cm³/mol. The van der Waals surface area contributed by atoms with Gasteiger partial charge in [-0.2, -0.15) is 0 Å². The van der Waals surface area contributed by atoms with Gasteiger partial charge in [0, 0.05) is 31.7 Å². The number of furan rings is 1. The second-order valence-corrected chi connectivity index (χ2v) is 8.47. The quantitative estimate of drug-likeness (QED) is 0.373. The maximum atomic E-state index is 12.8. The first-order valence-corrected chi connectivity index (χ1v) is 11.8. The molecule has 186 valence electrons. The van der Waals surface area contributed by atoms with Crippen LogP contribution in [0.5, 0.6) is 11.5 Å². The summed E-state index contributed by atoms with van der Waals surface area (Å²) in [6.45, 7) is 2.86. The lowest BCUT2D eigenvalue weighted by Gasteiger charge is -2.39. The summed E-state index contributed by atoms with van der Waals surface area (Å²) >= 11 is 0. The van der Waals surface area contributed by atoms with E-state index in [4.69, 9.17) is 13.9 Å². The molecule has 0 spiro atoms. The molecule has 1 aliphatic heterocycles. The first-order valence-electron chi connectivity index (χ1n) is 11.8. The molecule has 5 rings (SSSR count). The van der Waals surface area contributed by atoms with Crippen molar-refractivity contribution < 1.29 is 18.7 Å². The summed E-state index contributed by atoms with van der Waals surface area (Å²) in [5, 5.41) is 12.8. The highest BCUT2D eigenvalue weighted by Crippen LogP contribution is 2.39. The fraction of sp³-hybridized carbons (Fsp3) is 0.308. The van der Waals surface area contributed by atoms with Gasteiger partial charge in [-0.1, -0.05) is 42.5 Å². The van der Waals surface area contributed by atoms with Crippen molar-refractivity contribution in [1.82, 2.24) is 30.0 Å². The molecular formula is C26H28N6O4. The number of hydrogen-bond donors (Lipinski definition) is 0. The van der Waals surface area contributed by atoms with Crippen molar-refractivity contribution in [2.45, 2.75) is 12.6 Å². The first kappa shape index (κ1) is 23.6. The van der Waals surface area contributed by atoms with Gasteiger partial charge in [-0.15, -0.1) is 5.10 Å². The number of tetrazole rings is 1. The number of methoxy groups -OCH3 is 2. The summed E-state index contributed by atoms with van der Waals surface area (Å²) in [5.41, 5.74) is 1.99. The molecule has 36 heavy (non-hydrogen) atoms. The number of aromatic nitrogens is 4. The highest BCUT2D eigenvalue weighted by molar-refractivity contribution is 5.91. The predicted octanol–water partition coefficient (Wildman–Crippen LogP) is 2.88. The number of nitrogens with zero attached hydrogens (tertiary/aromatic N) is 6. The van der Waals surface area contributed by atoms with Crippen LogP contribution in [-0.2, 0) is 6.54 Å². The minimum Gasteiger partial charge on any atom is -0.493 e. The van der Waals surface area contributed by atoms with Crippen molar-refractivity contribution in [2.24, 2.45) is 0 Å². The zero-order valence-corrected chi connectivity index (χ0v) is 20.3. The minimum absolute atomic E-state index is 0.107. The van der Waals surface area contributed by atoms with E-state index in [9.17, 15) is 4.79 Å². The molecule has 4 aromatic rings. The van der Waals surface area contributed by atoms with Crippen LogP contribution in [0.1, 0.15) is 33.5 Å². The van der Waals surface area contributed by atoms with E-state index < -0.39 is 0 Å². The van der Waals surface area contributed by atoms with Gasteiger partial charge >= 0.3 is 0 Å². The molecule has 0 N–H and O–H groups in total. The molecule has 2 aromatic heterocycles. The van der Waals surface area contributed by atoms with E-state index in [0.29, 0.717) is 55.8 Å². The van der Waals surface area contributed by atoms with Gasteiger partial charge in [0.15, 0.2) is 23.1 Å². The van der Waals surface area contributed by atoms with Crippen LogP contribution in [0.2, 0.25) is 0 Å². The summed E-state index contributed by atoms with van der Waals surface area (Å²) in [5.74, 6) is 2.20. The van der Waals surface area contributed by atoms with E-state index in [1.807, 2.05) is 58.1 Å². The molecule has 1 aliphatic rings. The lowest BCUT2D eigenvalue weighted by Crippen LogP contribution is -2.50. The minimum atomic E-state index is -0.311. The largest absolute Gasteiger partial charge is 0.493 e. The normalized spacial score (nSPS) is 15.0. The van der Waals surface area contributed by atoms with E-state index in [1.54, 1.807) is 26.4 Å². The van der Waals surface area contributed by atoms with Crippen LogP contribution in [0.15, 0.2) is 71.3 Å². The van der Waals surface area contributed by atoms with Crippen LogP contribution >= 0.6 is 0 Å². The summed E-state index contributed by atoms with van der Waals surface area (Å²) in [6, 6.07) is 19.0. The summed E-state index contributed by atoms with van der Waals surface area (Å²) in [6.07, 6.45) is 1.52. The molecule has 0 saturated carbocycles. The molecule has 1 amide bonds. The molecule has 0 bridgehead atoms. The van der Waals surface area contributed by atoms with E-state index in [2.05, 4.69) is 20.4 Å². The van der Waals surface area contributed by atoms with Crippen LogP contribution in [0.25, 0.3) is 0 Å². The lowest BCUT2D eigenvalue weighted by molar-refractivity contribution is 0.0557. The molecule has 1 atom stereocenters. The fourth-order valence-electron chi connectivity index (χ4n) is 4.64. The summed E-state index contributed by atoms with van der Waals surface area (Å²) in [7, 11) is 3.25. The Hall–Kier alpha value is -4.18. The Kier molecular flexibility index (Phi) is 6.94. The summed E-state index contributed by atoms with van der Waals surface area (Å²) < 4.78 is 18.5. The van der Waals surface area contributed by atoms with Crippen molar-refractivity contribution in [2.75, 3.05) is 40.4 Å². The number of ether oxygens (including phenoxy) is 2. The van der Waals surface area contributed by atoms with E-state index in [0.717, 1.165) is 11.1 Å². The number of benzene rings is 2. The number of carbonyl (C=O) groups is 1. The number of amides is 1. The Morgan fingerprint density at radius 2 is 1.78 bits per heavy atom. The molecule has 1 fully saturated rings. The van der Waals surface area contributed by atoms with Crippen LogP contribution in [-0.4, -0.2) is 76.3 Å². The van der Waals surface area contributed by atoms with Gasteiger partial charge in [-0.25, -0.2) is 4.68 Å². The summed E-state index contributed by atoms with van der Waals surface area (Å²) in [4.78, 5) is 16.9. The molecule has 10 heteroatoms. The molecule has 1 saturated heterocycles. The Balaban J connectivity index is 1.48. The SMILES string of the molecule is COc1cccc([C@H](c2nnnn2Cc2ccccc2)N2CCN(C(=O)c3ccco3)CC2)c1OC. The van der Waals surface area contributed by atoms with E-state index in [-0.39, 0.29) is 11.9 Å². The van der Waals surface area contributed by atoms with Crippen molar-refractivity contribution in [3.63, 3.8) is 0 Å². The average molecular weight is 489 g/mol. The maximum absolute atomic E-state index is 12.8. The topological polar surface area (TPSA) is 98.8 Å². The third kappa shape index (κ3) is 4.67. The Bertz CT molecular complexity index is 1280. The van der Waals surface area contributed by atoms with Gasteiger partial charge in [0.25, 0.3) is 5.91 Å². The molecular weight excluding hydrogens is 460 g/mol. The van der Waals surface area contributed by atoms with Gasteiger partial charge in [-0.3, -0.25) is 9.69 Å². The molecule has 0 radical (unpaired) electrons. The Labute approximate surface area is 209 Å². The Morgan fingerprint density at radius 1 is 0.972 bits per heavy atom. The van der Waals surface area contributed by atoms with Gasteiger partial charge in [-0.05, 0) is 34.2 Å². The lowest BCUT2D eigenvalue weighted by atomic mass is 10.0. The molecule has 0 unspecified atom stereocenters. The van der Waals surface area contributed by atoms with Crippen molar-refractivity contribution in [3.05, 3.63) is 89.6 Å². The molecule has 2 aromatic carbocycles. The smallest absolute Gasteiger partial charge is 0.289 e. The van der Waals surface area contributed by atoms with E-state index >= 15 is 0 Å². The van der Waals surface area contributed by atoms with Gasteiger partial charge in [0.1, 0.15) is 6.04 Å². The van der Waals surface area contributed by atoms with Crippen molar-refractivity contribution in [1.29, 1.82) is 0 Å². The van der Waals surface area contributed by atoms with Crippen molar-refractivity contribution >= 4 is 5.91 Å². The number of rotatable bonds is 8. The molecule has 10 nitrogen and oxygen atoms in total. The molecule has 3 heterocycles. The third-order valence-electron chi connectivity index (χ3n) is 6.41. The zero-order chi connectivity index (χ0) is 24.9. The number of carbonyl (C=O) groups excluding carboxylic acids is 1. The Morgan fingerprint density at radius 3 is 2.47 bits per heavy atom. The van der Waals surface area contributed by atoms with Crippen LogP contribution in [0, 0.1) is 0 Å². The second kappa shape index (κ2) is 10.6. The van der Waals surface area contributed by atoms with Crippen LogP contribution in [0.4, 0.5) is 0 Å².